The molecule has 3 aliphatic rings. The molecule has 12 heteroatoms. The summed E-state index contributed by atoms with van der Waals surface area (Å²) in [5.74, 6) is -1.23. The minimum Gasteiger partial charge on any atom is -0.508 e. The fourth-order valence-electron chi connectivity index (χ4n) is 10.2. The Hall–Kier alpha value is -8.90. The number of hydrogen-bond acceptors (Lipinski definition) is 12. The molecule has 68 heavy (non-hydrogen) atoms. The second-order valence-electron chi connectivity index (χ2n) is 17.4. The minimum absolute atomic E-state index is 0.0355. The quantitative estimate of drug-likeness (QED) is 0.0652. The number of hydrogen-bond donors (Lipinski definition) is 9. The van der Waals surface area contributed by atoms with E-state index in [-0.39, 0.29) is 51.7 Å². The lowest BCUT2D eigenvalue weighted by Gasteiger charge is -2.30. The lowest BCUT2D eigenvalue weighted by molar-refractivity contribution is 0.184. The van der Waals surface area contributed by atoms with Crippen LogP contribution in [0, 0.1) is 0 Å². The van der Waals surface area contributed by atoms with Crippen molar-refractivity contribution in [2.45, 2.75) is 36.1 Å². The average Bonchev–Trinajstić information content (AvgIpc) is 3.85. The molecule has 12 nitrogen and oxygen atoms in total. The van der Waals surface area contributed by atoms with Crippen LogP contribution < -0.4 is 14.2 Å². The van der Waals surface area contributed by atoms with Gasteiger partial charge in [-0.2, -0.15) is 0 Å². The maximum absolute atomic E-state index is 11.9. The van der Waals surface area contributed by atoms with Crippen molar-refractivity contribution in [2.24, 2.45) is 0 Å². The van der Waals surface area contributed by atoms with Crippen molar-refractivity contribution in [3.63, 3.8) is 0 Å². The highest BCUT2D eigenvalue weighted by molar-refractivity contribution is 5.76. The summed E-state index contributed by atoms with van der Waals surface area (Å²) in [7, 11) is 0. The third kappa shape index (κ3) is 7.37. The Kier molecular flexibility index (Phi) is 9.96. The number of rotatable bonds is 8. The van der Waals surface area contributed by atoms with Gasteiger partial charge >= 0.3 is 0 Å². The maximum atomic E-state index is 11.9. The molecule has 0 bridgehead atoms. The van der Waals surface area contributed by atoms with Gasteiger partial charge in [-0.05, 0) is 118 Å². The molecule has 0 fully saturated rings. The van der Waals surface area contributed by atoms with Gasteiger partial charge in [-0.15, -0.1) is 0 Å². The molecule has 0 saturated carbocycles. The van der Waals surface area contributed by atoms with Gasteiger partial charge < -0.3 is 60.2 Å². The molecular formula is C56H42O12. The Morgan fingerprint density at radius 3 is 1.47 bits per heavy atom. The first-order valence-corrected chi connectivity index (χ1v) is 21.8. The van der Waals surface area contributed by atoms with Crippen molar-refractivity contribution in [1.29, 1.82) is 0 Å². The van der Waals surface area contributed by atoms with Crippen LogP contribution in [0.3, 0.4) is 0 Å². The van der Waals surface area contributed by atoms with Crippen LogP contribution >= 0.6 is 0 Å². The zero-order valence-electron chi connectivity index (χ0n) is 35.8. The van der Waals surface area contributed by atoms with Crippen molar-refractivity contribution in [3.8, 4) is 69.0 Å². The van der Waals surface area contributed by atoms with Crippen molar-refractivity contribution in [1.82, 2.24) is 0 Å². The van der Waals surface area contributed by atoms with Crippen LogP contribution in [-0.4, -0.2) is 46.0 Å². The molecule has 0 saturated heterocycles. The smallest absolute Gasteiger partial charge is 0.135 e. The van der Waals surface area contributed by atoms with Crippen LogP contribution in [0.5, 0.6) is 69.0 Å². The molecule has 6 unspecified atom stereocenters. The van der Waals surface area contributed by atoms with Crippen LogP contribution in [-0.2, 0) is 0 Å². The van der Waals surface area contributed by atoms with E-state index in [0.717, 1.165) is 11.1 Å². The lowest BCUT2D eigenvalue weighted by atomic mass is 9.80. The lowest BCUT2D eigenvalue weighted by Crippen LogP contribution is -2.19. The highest BCUT2D eigenvalue weighted by atomic mass is 16.5. The van der Waals surface area contributed by atoms with Crippen LogP contribution in [0.1, 0.15) is 97.3 Å². The van der Waals surface area contributed by atoms with Crippen molar-refractivity contribution < 1.29 is 60.2 Å². The fraction of sp³-hybridized carbons (Fsp3) is 0.107. The summed E-state index contributed by atoms with van der Waals surface area (Å²) in [4.78, 5) is 0. The molecule has 6 atom stereocenters. The molecule has 9 N–H and O–H groups in total. The van der Waals surface area contributed by atoms with E-state index in [1.165, 1.54) is 24.3 Å². The summed E-state index contributed by atoms with van der Waals surface area (Å²) in [6, 6.07) is 40.6. The zero-order chi connectivity index (χ0) is 47.0. The Morgan fingerprint density at radius 2 is 0.868 bits per heavy atom. The van der Waals surface area contributed by atoms with E-state index in [1.807, 2.05) is 24.3 Å². The van der Waals surface area contributed by atoms with Crippen LogP contribution in [0.2, 0.25) is 0 Å². The van der Waals surface area contributed by atoms with Crippen LogP contribution in [0.25, 0.3) is 12.2 Å². The van der Waals surface area contributed by atoms with Gasteiger partial charge in [0.05, 0.1) is 17.8 Å². The topological polar surface area (TPSA) is 210 Å². The van der Waals surface area contributed by atoms with Gasteiger partial charge in [0.15, 0.2) is 0 Å². The largest absolute Gasteiger partial charge is 0.508 e. The first kappa shape index (κ1) is 41.8. The second-order valence-corrected chi connectivity index (χ2v) is 17.4. The molecular weight excluding hydrogens is 865 g/mol. The average molecular weight is 907 g/mol. The normalized spacial score (nSPS) is 19.9. The van der Waals surface area contributed by atoms with Gasteiger partial charge in [-0.3, -0.25) is 0 Å². The molecule has 0 amide bonds. The summed E-state index contributed by atoms with van der Waals surface area (Å²) in [5.41, 5.74) is 7.05. The maximum Gasteiger partial charge on any atom is 0.135 e. The molecule has 0 radical (unpaired) electrons. The molecule has 1 aliphatic carbocycles. The Labute approximate surface area is 389 Å². The van der Waals surface area contributed by atoms with Gasteiger partial charge in [0.2, 0.25) is 0 Å². The van der Waals surface area contributed by atoms with E-state index in [1.54, 1.807) is 115 Å². The van der Waals surface area contributed by atoms with E-state index in [2.05, 4.69) is 0 Å². The van der Waals surface area contributed by atoms with Gasteiger partial charge in [-0.25, -0.2) is 0 Å². The predicted molar refractivity (Wildman–Crippen MR) is 251 cm³/mol. The minimum atomic E-state index is -0.923. The third-order valence-corrected chi connectivity index (χ3v) is 13.1. The molecule has 8 aromatic carbocycles. The first-order valence-electron chi connectivity index (χ1n) is 21.8. The molecule has 2 heterocycles. The van der Waals surface area contributed by atoms with E-state index >= 15 is 0 Å². The van der Waals surface area contributed by atoms with E-state index in [4.69, 9.17) is 14.2 Å². The summed E-state index contributed by atoms with van der Waals surface area (Å²) in [6.07, 6.45) is 1.45. The fourth-order valence-corrected chi connectivity index (χ4v) is 10.2. The number of phenols is 9. The number of phenolic OH excluding ortho intramolecular Hbond substituents is 9. The Bertz CT molecular complexity index is 3250. The highest BCUT2D eigenvalue weighted by Crippen LogP contribution is 2.61. The first-order chi connectivity index (χ1) is 32.8. The van der Waals surface area contributed by atoms with Gasteiger partial charge in [0, 0.05) is 46.5 Å². The van der Waals surface area contributed by atoms with E-state index in [0.29, 0.717) is 67.3 Å². The Morgan fingerprint density at radius 1 is 0.368 bits per heavy atom. The zero-order valence-corrected chi connectivity index (χ0v) is 35.8. The Balaban J connectivity index is 0.988. The number of fused-ring (bicyclic) bond motifs is 3. The molecule has 11 rings (SSSR count). The highest BCUT2D eigenvalue weighted by Gasteiger charge is 2.48. The second kappa shape index (κ2) is 16.2. The standard InChI is InChI=1S/C56H42O12/c57-34-11-5-29(6-12-34)49-51-43(23-40(63)25-45(51)65)53-52-44(24-41(64)27-47(52)68-55(53)31-9-15-36(59)16-10-31)56(49)66-42-17-2-28(3-18-42)1-4-32-19-39(62)26-46-48(32)50(33-20-37(60)22-38(61)21-33)54(67-46)30-7-13-35(58)14-8-30/h1-27,49-50,53-65H. The van der Waals surface area contributed by atoms with Gasteiger partial charge in [0.25, 0.3) is 0 Å². The predicted octanol–water partition coefficient (Wildman–Crippen LogP) is 11.0. The van der Waals surface area contributed by atoms with E-state index < -0.39 is 36.1 Å². The van der Waals surface area contributed by atoms with Crippen molar-refractivity contribution >= 4 is 12.2 Å². The van der Waals surface area contributed by atoms with E-state index in [9.17, 15) is 46.0 Å². The summed E-state index contributed by atoms with van der Waals surface area (Å²) >= 11 is 0. The van der Waals surface area contributed by atoms with Crippen LogP contribution in [0.4, 0.5) is 0 Å². The number of ether oxygens (including phenoxy) is 3. The van der Waals surface area contributed by atoms with Crippen molar-refractivity contribution in [2.75, 3.05) is 0 Å². The molecule has 8 aromatic rings. The summed E-state index contributed by atoms with van der Waals surface area (Å²) < 4.78 is 20.1. The molecule has 0 aromatic heterocycles. The molecule has 2 aliphatic heterocycles. The van der Waals surface area contributed by atoms with Gasteiger partial charge in [0.1, 0.15) is 87.3 Å². The summed E-state index contributed by atoms with van der Waals surface area (Å²) in [6.45, 7) is 0. The van der Waals surface area contributed by atoms with Gasteiger partial charge in [-0.1, -0.05) is 60.7 Å². The number of aromatic hydroxyl groups is 9. The third-order valence-electron chi connectivity index (χ3n) is 13.1. The SMILES string of the molecule is Oc1ccc(C2Oc3cc(O)cc(C=Cc4ccc(OC5c6cc(O)cc7c6C(c6cc(O)cc(O)c6C5c5ccc(O)cc5)C(c5ccc(O)cc5)O7)cc4)c3C2c2cc(O)cc(O)c2)cc1. The molecule has 338 valence electrons. The monoisotopic (exact) mass is 906 g/mol. The van der Waals surface area contributed by atoms with Crippen molar-refractivity contribution in [3.05, 3.63) is 213 Å². The molecule has 0 spiro atoms. The number of benzene rings is 8. The summed E-state index contributed by atoms with van der Waals surface area (Å²) in [5, 5.41) is 96.8. The van der Waals surface area contributed by atoms with Crippen LogP contribution in [0.15, 0.2) is 152 Å².